The van der Waals surface area contributed by atoms with Crippen LogP contribution in [0.4, 0.5) is 5.69 Å². The number of benzene rings is 1. The molecule has 0 aliphatic rings. The largest absolute Gasteiger partial charge is 0.320 e. The second-order valence-electron chi connectivity index (χ2n) is 4.27. The molecule has 1 heterocycles. The van der Waals surface area contributed by atoms with Crippen molar-refractivity contribution in [1.29, 1.82) is 0 Å². The zero-order chi connectivity index (χ0) is 13.3. The molecule has 0 radical (unpaired) electrons. The molecule has 0 spiro atoms. The molecule has 1 aromatic heterocycles. The van der Waals surface area contributed by atoms with E-state index in [0.717, 1.165) is 16.8 Å². The normalized spacial score (nSPS) is 10.4. The van der Waals surface area contributed by atoms with E-state index in [1.54, 1.807) is 17.9 Å². The van der Waals surface area contributed by atoms with E-state index < -0.39 is 0 Å². The van der Waals surface area contributed by atoms with Gasteiger partial charge in [-0.25, -0.2) is 0 Å². The van der Waals surface area contributed by atoms with Gasteiger partial charge in [-0.2, -0.15) is 5.10 Å². The van der Waals surface area contributed by atoms with Crippen LogP contribution in [0.1, 0.15) is 21.6 Å². The molecule has 0 saturated heterocycles. The fraction of sp³-hybridized carbons (Fsp3) is 0.231. The number of halogens is 1. The molecular formula is C13H14BrN3O. The molecule has 5 heteroatoms. The van der Waals surface area contributed by atoms with Crippen molar-refractivity contribution in [1.82, 2.24) is 9.78 Å². The smallest absolute Gasteiger partial charge is 0.277 e. The lowest BCUT2D eigenvalue weighted by atomic mass is 10.1. The van der Waals surface area contributed by atoms with Crippen LogP contribution in [0.2, 0.25) is 0 Å². The number of rotatable bonds is 2. The lowest BCUT2D eigenvalue weighted by Crippen LogP contribution is -2.14. The molecule has 0 unspecified atom stereocenters. The predicted molar refractivity (Wildman–Crippen MR) is 74.8 cm³/mol. The molecule has 1 aromatic carbocycles. The van der Waals surface area contributed by atoms with Gasteiger partial charge in [0.2, 0.25) is 0 Å². The third-order valence-electron chi connectivity index (χ3n) is 2.64. The van der Waals surface area contributed by atoms with Gasteiger partial charge in [-0.3, -0.25) is 9.48 Å². The Morgan fingerprint density at radius 3 is 2.72 bits per heavy atom. The highest BCUT2D eigenvalue weighted by Crippen LogP contribution is 2.19. The molecule has 1 N–H and O–H groups in total. The van der Waals surface area contributed by atoms with Crippen molar-refractivity contribution in [3.05, 3.63) is 45.7 Å². The molecule has 0 fully saturated rings. The molecule has 0 saturated carbocycles. The van der Waals surface area contributed by atoms with Crippen molar-refractivity contribution in [3.8, 4) is 0 Å². The minimum absolute atomic E-state index is 0.212. The van der Waals surface area contributed by atoms with E-state index in [9.17, 15) is 4.79 Å². The number of carbonyl (C=O) groups is 1. The first-order chi connectivity index (χ1) is 8.47. The van der Waals surface area contributed by atoms with E-state index in [1.165, 1.54) is 0 Å². The quantitative estimate of drug-likeness (QED) is 0.927. The summed E-state index contributed by atoms with van der Waals surface area (Å²) in [6, 6.07) is 5.95. The van der Waals surface area contributed by atoms with Crippen LogP contribution in [0, 0.1) is 13.8 Å². The van der Waals surface area contributed by atoms with Crippen molar-refractivity contribution in [3.63, 3.8) is 0 Å². The van der Waals surface area contributed by atoms with Crippen molar-refractivity contribution < 1.29 is 4.79 Å². The Morgan fingerprint density at radius 2 is 2.11 bits per heavy atom. The number of nitrogens with zero attached hydrogens (tertiary/aromatic N) is 2. The Bertz CT molecular complexity index is 604. The lowest BCUT2D eigenvalue weighted by molar-refractivity contribution is 0.102. The molecule has 0 aliphatic heterocycles. The average Bonchev–Trinajstić information content (AvgIpc) is 2.63. The molecular weight excluding hydrogens is 294 g/mol. The van der Waals surface area contributed by atoms with Crippen LogP contribution in [-0.2, 0) is 7.05 Å². The van der Waals surface area contributed by atoms with Gasteiger partial charge in [0.15, 0.2) is 5.69 Å². The Kier molecular flexibility index (Phi) is 3.52. The van der Waals surface area contributed by atoms with Gasteiger partial charge in [-0.05, 0) is 47.0 Å². The fourth-order valence-corrected chi connectivity index (χ4v) is 2.22. The summed E-state index contributed by atoms with van der Waals surface area (Å²) in [4.78, 5) is 12.1. The summed E-state index contributed by atoms with van der Waals surface area (Å²) in [6.45, 7) is 3.95. The maximum Gasteiger partial charge on any atom is 0.277 e. The Labute approximate surface area is 114 Å². The molecule has 1 amide bonds. The zero-order valence-electron chi connectivity index (χ0n) is 10.5. The number of carbonyl (C=O) groups excluding carboxylic acids is 1. The molecule has 2 rings (SSSR count). The minimum atomic E-state index is -0.212. The van der Waals surface area contributed by atoms with Crippen LogP contribution in [0.3, 0.4) is 0 Å². The van der Waals surface area contributed by atoms with Crippen LogP contribution < -0.4 is 5.32 Å². The van der Waals surface area contributed by atoms with Crippen LogP contribution in [0.25, 0.3) is 0 Å². The van der Waals surface area contributed by atoms with E-state index >= 15 is 0 Å². The Morgan fingerprint density at radius 1 is 1.39 bits per heavy atom. The summed E-state index contributed by atoms with van der Waals surface area (Å²) >= 11 is 3.32. The van der Waals surface area contributed by atoms with Gasteiger partial charge >= 0.3 is 0 Å². The topological polar surface area (TPSA) is 46.9 Å². The fourth-order valence-electron chi connectivity index (χ4n) is 1.67. The van der Waals surface area contributed by atoms with Gasteiger partial charge < -0.3 is 5.32 Å². The predicted octanol–water partition coefficient (Wildman–Crippen LogP) is 3.05. The number of hydrogen-bond donors (Lipinski definition) is 1. The highest BCUT2D eigenvalue weighted by atomic mass is 79.9. The number of aromatic nitrogens is 2. The molecule has 2 aromatic rings. The number of anilines is 1. The standard InChI is InChI=1S/C13H14BrN3O/c1-8-4-5-9(2)11(6-8)15-13(18)12-10(14)7-17(3)16-12/h4-7H,1-3H3,(H,15,18). The van der Waals surface area contributed by atoms with Crippen molar-refractivity contribution >= 4 is 27.5 Å². The van der Waals surface area contributed by atoms with Gasteiger partial charge in [-0.15, -0.1) is 0 Å². The van der Waals surface area contributed by atoms with Gasteiger partial charge in [0.05, 0.1) is 4.47 Å². The first-order valence-electron chi connectivity index (χ1n) is 5.55. The highest BCUT2D eigenvalue weighted by molar-refractivity contribution is 9.10. The van der Waals surface area contributed by atoms with E-state index in [1.807, 2.05) is 32.0 Å². The summed E-state index contributed by atoms with van der Waals surface area (Å²) in [5, 5.41) is 6.99. The van der Waals surface area contributed by atoms with Crippen LogP contribution in [-0.4, -0.2) is 15.7 Å². The van der Waals surface area contributed by atoms with Gasteiger partial charge in [0, 0.05) is 18.9 Å². The molecule has 94 valence electrons. The summed E-state index contributed by atoms with van der Waals surface area (Å²) in [5.41, 5.74) is 3.34. The maximum absolute atomic E-state index is 12.1. The third kappa shape index (κ3) is 2.61. The number of hydrogen-bond acceptors (Lipinski definition) is 2. The summed E-state index contributed by atoms with van der Waals surface area (Å²) in [5.74, 6) is -0.212. The maximum atomic E-state index is 12.1. The molecule has 18 heavy (non-hydrogen) atoms. The second kappa shape index (κ2) is 4.94. The van der Waals surface area contributed by atoms with Crippen LogP contribution in [0.15, 0.2) is 28.9 Å². The molecule has 0 aliphatic carbocycles. The van der Waals surface area contributed by atoms with Gasteiger partial charge in [0.1, 0.15) is 0 Å². The van der Waals surface area contributed by atoms with E-state index in [-0.39, 0.29) is 5.91 Å². The van der Waals surface area contributed by atoms with Crippen molar-refractivity contribution in [2.24, 2.45) is 7.05 Å². The van der Waals surface area contributed by atoms with E-state index in [2.05, 4.69) is 26.3 Å². The Hall–Kier alpha value is -1.62. The van der Waals surface area contributed by atoms with Crippen LogP contribution >= 0.6 is 15.9 Å². The van der Waals surface area contributed by atoms with E-state index in [0.29, 0.717) is 10.2 Å². The van der Waals surface area contributed by atoms with E-state index in [4.69, 9.17) is 0 Å². The monoisotopic (exact) mass is 307 g/mol. The SMILES string of the molecule is Cc1ccc(C)c(NC(=O)c2nn(C)cc2Br)c1. The van der Waals surface area contributed by atoms with Gasteiger partial charge in [-0.1, -0.05) is 12.1 Å². The highest BCUT2D eigenvalue weighted by Gasteiger charge is 2.15. The number of aryl methyl sites for hydroxylation is 3. The minimum Gasteiger partial charge on any atom is -0.320 e. The first-order valence-corrected chi connectivity index (χ1v) is 6.34. The average molecular weight is 308 g/mol. The van der Waals surface area contributed by atoms with Crippen LogP contribution in [0.5, 0.6) is 0 Å². The molecule has 0 atom stereocenters. The lowest BCUT2D eigenvalue weighted by Gasteiger charge is -2.08. The van der Waals surface area contributed by atoms with Crippen molar-refractivity contribution in [2.75, 3.05) is 5.32 Å². The molecule has 4 nitrogen and oxygen atoms in total. The van der Waals surface area contributed by atoms with Crippen molar-refractivity contribution in [2.45, 2.75) is 13.8 Å². The molecule has 0 bridgehead atoms. The summed E-state index contributed by atoms with van der Waals surface area (Å²) < 4.78 is 2.29. The third-order valence-corrected chi connectivity index (χ3v) is 3.22. The Balaban J connectivity index is 2.26. The van der Waals surface area contributed by atoms with Gasteiger partial charge in [0.25, 0.3) is 5.91 Å². The zero-order valence-corrected chi connectivity index (χ0v) is 12.1. The summed E-state index contributed by atoms with van der Waals surface area (Å²) in [7, 11) is 1.78. The number of amides is 1. The summed E-state index contributed by atoms with van der Waals surface area (Å²) in [6.07, 6.45) is 1.75. The first kappa shape index (κ1) is 12.8. The second-order valence-corrected chi connectivity index (χ2v) is 5.13. The number of nitrogens with one attached hydrogen (secondary N) is 1.